The fourth-order valence-electron chi connectivity index (χ4n) is 3.90. The van der Waals surface area contributed by atoms with E-state index in [2.05, 4.69) is 15.3 Å². The van der Waals surface area contributed by atoms with Crippen LogP contribution in [0, 0.1) is 6.92 Å². The van der Waals surface area contributed by atoms with Crippen molar-refractivity contribution in [1.82, 2.24) is 14.9 Å². The van der Waals surface area contributed by atoms with Crippen LogP contribution in [0.2, 0.25) is 5.02 Å². The zero-order valence-corrected chi connectivity index (χ0v) is 18.9. The van der Waals surface area contributed by atoms with E-state index in [-0.39, 0.29) is 24.2 Å². The Labute approximate surface area is 192 Å². The molecular weight excluding hydrogens is 424 g/mol. The Morgan fingerprint density at radius 2 is 1.91 bits per heavy atom. The minimum absolute atomic E-state index is 0.000755. The van der Waals surface area contributed by atoms with E-state index in [0.29, 0.717) is 29.2 Å². The number of benzene rings is 1. The standard InChI is InChI=1S/C25H25ClN4O2/c1-3-18-10-19(26)4-5-22(18)24(31)9-17-8-20(12-28-11-17)29-21-14-30(15-21)25(32)23-13-27-7-6-16(23)2/h4-8,10-13,21,29H,3,9,14-15H2,1-2H3. The minimum Gasteiger partial charge on any atom is -0.377 e. The summed E-state index contributed by atoms with van der Waals surface area (Å²) in [6.45, 7) is 5.15. The maximum absolute atomic E-state index is 12.8. The minimum atomic E-state index is 0.000755. The summed E-state index contributed by atoms with van der Waals surface area (Å²) in [5, 5.41) is 4.05. The van der Waals surface area contributed by atoms with Crippen molar-refractivity contribution in [2.24, 2.45) is 0 Å². The van der Waals surface area contributed by atoms with E-state index in [1.165, 1.54) is 0 Å². The Bertz CT molecular complexity index is 1160. The van der Waals surface area contributed by atoms with Crippen molar-refractivity contribution >= 4 is 29.0 Å². The van der Waals surface area contributed by atoms with Crippen LogP contribution in [0.25, 0.3) is 0 Å². The van der Waals surface area contributed by atoms with E-state index < -0.39 is 0 Å². The Balaban J connectivity index is 1.36. The van der Waals surface area contributed by atoms with Gasteiger partial charge in [0.2, 0.25) is 0 Å². The van der Waals surface area contributed by atoms with Gasteiger partial charge in [0, 0.05) is 54.9 Å². The largest absolute Gasteiger partial charge is 0.377 e. The molecule has 0 aliphatic carbocycles. The van der Waals surface area contributed by atoms with Crippen molar-refractivity contribution in [1.29, 1.82) is 0 Å². The monoisotopic (exact) mass is 448 g/mol. The first-order valence-electron chi connectivity index (χ1n) is 10.7. The number of aromatic nitrogens is 2. The number of nitrogens with one attached hydrogen (secondary N) is 1. The SMILES string of the molecule is CCc1cc(Cl)ccc1C(=O)Cc1cncc(NC2CN(C(=O)c3cnccc3C)C2)c1. The maximum atomic E-state index is 12.8. The topological polar surface area (TPSA) is 75.2 Å². The lowest BCUT2D eigenvalue weighted by Crippen LogP contribution is -2.57. The van der Waals surface area contributed by atoms with Crippen molar-refractivity contribution in [3.63, 3.8) is 0 Å². The van der Waals surface area contributed by atoms with Gasteiger partial charge in [-0.2, -0.15) is 0 Å². The fourth-order valence-corrected chi connectivity index (χ4v) is 4.09. The Morgan fingerprint density at radius 3 is 2.66 bits per heavy atom. The molecule has 0 spiro atoms. The second kappa shape index (κ2) is 9.49. The van der Waals surface area contributed by atoms with Gasteiger partial charge in [-0.15, -0.1) is 0 Å². The van der Waals surface area contributed by atoms with Crippen LogP contribution in [0.4, 0.5) is 5.69 Å². The van der Waals surface area contributed by atoms with Gasteiger partial charge in [-0.1, -0.05) is 18.5 Å². The zero-order valence-electron chi connectivity index (χ0n) is 18.1. The number of carbonyl (C=O) groups is 2. The number of halogens is 1. The van der Waals surface area contributed by atoms with Crippen molar-refractivity contribution in [2.45, 2.75) is 32.7 Å². The molecule has 2 aromatic heterocycles. The van der Waals surface area contributed by atoms with Crippen LogP contribution in [0.1, 0.15) is 44.3 Å². The highest BCUT2D eigenvalue weighted by atomic mass is 35.5. The van der Waals surface area contributed by atoms with Crippen LogP contribution in [0.5, 0.6) is 0 Å². The number of likely N-dealkylation sites (tertiary alicyclic amines) is 1. The lowest BCUT2D eigenvalue weighted by atomic mass is 9.97. The number of Topliss-reactive ketones (excluding diaryl/α,β-unsaturated/α-hetero) is 1. The lowest BCUT2D eigenvalue weighted by molar-refractivity contribution is 0.0624. The van der Waals surface area contributed by atoms with Gasteiger partial charge in [-0.05, 0) is 60.4 Å². The summed E-state index contributed by atoms with van der Waals surface area (Å²) in [7, 11) is 0. The summed E-state index contributed by atoms with van der Waals surface area (Å²) in [5.41, 5.74) is 4.91. The third kappa shape index (κ3) is 4.81. The van der Waals surface area contributed by atoms with Crippen LogP contribution in [-0.2, 0) is 12.8 Å². The van der Waals surface area contributed by atoms with Crippen LogP contribution in [0.15, 0.2) is 55.1 Å². The summed E-state index contributed by atoms with van der Waals surface area (Å²) < 4.78 is 0. The number of carbonyl (C=O) groups excluding carboxylic acids is 2. The third-order valence-corrected chi connectivity index (χ3v) is 5.95. The average Bonchev–Trinajstić information content (AvgIpc) is 2.76. The third-order valence-electron chi connectivity index (χ3n) is 5.72. The average molecular weight is 449 g/mol. The molecule has 1 N–H and O–H groups in total. The number of pyridine rings is 2. The van der Waals surface area contributed by atoms with Crippen LogP contribution >= 0.6 is 11.6 Å². The molecule has 32 heavy (non-hydrogen) atoms. The van der Waals surface area contributed by atoms with Crippen LogP contribution in [0.3, 0.4) is 0 Å². The highest BCUT2D eigenvalue weighted by Crippen LogP contribution is 2.21. The molecule has 3 aromatic rings. The molecule has 0 unspecified atom stereocenters. The molecule has 3 heterocycles. The van der Waals surface area contributed by atoms with Gasteiger partial charge in [0.15, 0.2) is 5.78 Å². The predicted octanol–water partition coefficient (Wildman–Crippen LogP) is 4.36. The summed E-state index contributed by atoms with van der Waals surface area (Å²) in [6.07, 6.45) is 7.78. The molecule has 0 atom stereocenters. The van der Waals surface area contributed by atoms with Gasteiger partial charge >= 0.3 is 0 Å². The van der Waals surface area contributed by atoms with E-state index >= 15 is 0 Å². The first-order valence-corrected chi connectivity index (χ1v) is 11.0. The Hall–Kier alpha value is -3.25. The normalized spacial score (nSPS) is 13.5. The summed E-state index contributed by atoms with van der Waals surface area (Å²) in [5.74, 6) is 0.0468. The molecule has 7 heteroatoms. The van der Waals surface area contributed by atoms with E-state index in [9.17, 15) is 9.59 Å². The molecule has 1 fully saturated rings. The first kappa shape index (κ1) is 22.0. The number of amides is 1. The number of hydrogen-bond donors (Lipinski definition) is 1. The molecule has 0 bridgehead atoms. The van der Waals surface area contributed by atoms with Crippen molar-refractivity contribution in [2.75, 3.05) is 18.4 Å². The molecule has 0 radical (unpaired) electrons. The molecular formula is C25H25ClN4O2. The number of rotatable bonds is 7. The van der Waals surface area contributed by atoms with E-state index in [1.54, 1.807) is 41.8 Å². The Kier molecular flexibility index (Phi) is 6.51. The van der Waals surface area contributed by atoms with Gasteiger partial charge in [0.05, 0.1) is 17.3 Å². The smallest absolute Gasteiger partial charge is 0.255 e. The molecule has 1 aliphatic rings. The lowest BCUT2D eigenvalue weighted by Gasteiger charge is -2.40. The number of ketones is 1. The van der Waals surface area contributed by atoms with E-state index in [4.69, 9.17) is 11.6 Å². The number of nitrogens with zero attached hydrogens (tertiary/aromatic N) is 3. The molecule has 0 saturated carbocycles. The first-order chi connectivity index (χ1) is 15.4. The van der Waals surface area contributed by atoms with Crippen molar-refractivity contribution in [3.8, 4) is 0 Å². The Morgan fingerprint density at radius 1 is 1.09 bits per heavy atom. The number of aryl methyl sites for hydroxylation is 2. The molecule has 1 aliphatic heterocycles. The van der Waals surface area contributed by atoms with Gasteiger partial charge in [-0.25, -0.2) is 0 Å². The molecule has 164 valence electrons. The molecule has 4 rings (SSSR count). The number of anilines is 1. The summed E-state index contributed by atoms with van der Waals surface area (Å²) >= 11 is 6.06. The predicted molar refractivity (Wildman–Crippen MR) is 125 cm³/mol. The fraction of sp³-hybridized carbons (Fsp3) is 0.280. The van der Waals surface area contributed by atoms with Crippen LogP contribution < -0.4 is 5.32 Å². The molecule has 1 aromatic carbocycles. The number of hydrogen-bond acceptors (Lipinski definition) is 5. The second-order valence-electron chi connectivity index (χ2n) is 8.08. The molecule has 1 amide bonds. The van der Waals surface area contributed by atoms with Gasteiger partial charge in [0.1, 0.15) is 0 Å². The highest BCUT2D eigenvalue weighted by Gasteiger charge is 2.31. The molecule has 6 nitrogen and oxygen atoms in total. The summed E-state index contributed by atoms with van der Waals surface area (Å²) in [4.78, 5) is 35.6. The highest BCUT2D eigenvalue weighted by molar-refractivity contribution is 6.30. The second-order valence-corrected chi connectivity index (χ2v) is 8.52. The quantitative estimate of drug-likeness (QED) is 0.543. The van der Waals surface area contributed by atoms with Gasteiger partial charge < -0.3 is 10.2 Å². The molecule has 1 saturated heterocycles. The maximum Gasteiger partial charge on any atom is 0.255 e. The van der Waals surface area contributed by atoms with E-state index in [1.807, 2.05) is 32.0 Å². The van der Waals surface area contributed by atoms with Gasteiger partial charge in [0.25, 0.3) is 5.91 Å². The van der Waals surface area contributed by atoms with Crippen molar-refractivity contribution < 1.29 is 9.59 Å². The van der Waals surface area contributed by atoms with Crippen LogP contribution in [-0.4, -0.2) is 45.7 Å². The van der Waals surface area contributed by atoms with E-state index in [0.717, 1.165) is 28.8 Å². The zero-order chi connectivity index (χ0) is 22.7. The van der Waals surface area contributed by atoms with Crippen molar-refractivity contribution in [3.05, 3.63) is 88.0 Å². The van der Waals surface area contributed by atoms with Gasteiger partial charge in [-0.3, -0.25) is 19.6 Å². The summed E-state index contributed by atoms with van der Waals surface area (Å²) in [6, 6.07) is 9.33.